The molecule has 1 fully saturated rings. The molecule has 38 heavy (non-hydrogen) atoms. The van der Waals surface area contributed by atoms with Crippen LogP contribution in [-0.4, -0.2) is 27.9 Å². The van der Waals surface area contributed by atoms with Gasteiger partial charge in [0, 0.05) is 25.9 Å². The summed E-state index contributed by atoms with van der Waals surface area (Å²) in [6, 6.07) is 11.6. The van der Waals surface area contributed by atoms with Crippen molar-refractivity contribution in [1.82, 2.24) is 20.3 Å². The third-order valence-electron chi connectivity index (χ3n) is 6.96. The number of nitrogens with one attached hydrogen (secondary N) is 2. The Bertz CT molecular complexity index is 1250. The molecule has 2 N–H and O–H groups in total. The summed E-state index contributed by atoms with van der Waals surface area (Å²) in [5.74, 6) is 0.730. The highest BCUT2D eigenvalue weighted by atomic mass is 19.4. The van der Waals surface area contributed by atoms with Crippen LogP contribution in [0.1, 0.15) is 55.5 Å². The molecule has 0 saturated heterocycles. The second kappa shape index (κ2) is 12.3. The molecular formula is C28H31F4N5O. The molecule has 1 aliphatic carbocycles. The molecule has 0 bridgehead atoms. The summed E-state index contributed by atoms with van der Waals surface area (Å²) in [7, 11) is 1.69. The van der Waals surface area contributed by atoms with Gasteiger partial charge in [-0.1, -0.05) is 43.2 Å². The fourth-order valence-corrected chi connectivity index (χ4v) is 5.02. The highest BCUT2D eigenvalue weighted by Gasteiger charge is 2.33. The Kier molecular flexibility index (Phi) is 8.91. The van der Waals surface area contributed by atoms with Crippen molar-refractivity contribution in [1.29, 1.82) is 0 Å². The Balaban J connectivity index is 1.31. The normalized spacial score (nSPS) is 17.7. The van der Waals surface area contributed by atoms with Gasteiger partial charge in [-0.25, -0.2) is 9.37 Å². The minimum absolute atomic E-state index is 0.0637. The number of carbonyl (C=O) groups is 1. The van der Waals surface area contributed by atoms with Crippen LogP contribution in [-0.2, 0) is 23.9 Å². The third kappa shape index (κ3) is 7.05. The van der Waals surface area contributed by atoms with Crippen LogP contribution in [0.4, 0.5) is 23.5 Å². The SMILES string of the molecule is CNc1nc(CCC[C@@H]2CCC[C@H](C(=O)NCc3ccccc3C(F)(F)F)C2)nc(-c2ccccc2F)n1. The largest absolute Gasteiger partial charge is 0.416 e. The maximum Gasteiger partial charge on any atom is 0.416 e. The number of anilines is 1. The molecule has 1 amide bonds. The molecule has 0 aliphatic heterocycles. The van der Waals surface area contributed by atoms with E-state index in [2.05, 4.69) is 25.6 Å². The van der Waals surface area contributed by atoms with Crippen LogP contribution in [0.3, 0.4) is 0 Å². The zero-order valence-corrected chi connectivity index (χ0v) is 21.2. The van der Waals surface area contributed by atoms with E-state index in [4.69, 9.17) is 0 Å². The van der Waals surface area contributed by atoms with Crippen LogP contribution in [0.2, 0.25) is 0 Å². The molecule has 10 heteroatoms. The predicted octanol–water partition coefficient (Wildman–Crippen LogP) is 6.18. The van der Waals surface area contributed by atoms with E-state index in [-0.39, 0.29) is 29.8 Å². The summed E-state index contributed by atoms with van der Waals surface area (Å²) in [4.78, 5) is 26.0. The van der Waals surface area contributed by atoms with Crippen molar-refractivity contribution in [2.24, 2.45) is 11.8 Å². The van der Waals surface area contributed by atoms with Crippen molar-refractivity contribution < 1.29 is 22.4 Å². The van der Waals surface area contributed by atoms with Gasteiger partial charge < -0.3 is 10.6 Å². The van der Waals surface area contributed by atoms with Crippen molar-refractivity contribution in [2.45, 2.75) is 57.7 Å². The third-order valence-corrected chi connectivity index (χ3v) is 6.96. The lowest BCUT2D eigenvalue weighted by Crippen LogP contribution is -2.34. The fourth-order valence-electron chi connectivity index (χ4n) is 5.02. The molecule has 1 aromatic heterocycles. The number of aryl methyl sites for hydroxylation is 1. The first-order valence-electron chi connectivity index (χ1n) is 12.8. The Hall–Kier alpha value is -3.56. The number of halogens is 4. The number of aromatic nitrogens is 3. The minimum Gasteiger partial charge on any atom is -0.357 e. The van der Waals surface area contributed by atoms with Crippen molar-refractivity contribution in [3.8, 4) is 11.4 Å². The van der Waals surface area contributed by atoms with Crippen LogP contribution < -0.4 is 10.6 Å². The monoisotopic (exact) mass is 529 g/mol. The van der Waals surface area contributed by atoms with Gasteiger partial charge in [-0.15, -0.1) is 0 Å². The second-order valence-electron chi connectivity index (χ2n) is 9.62. The minimum atomic E-state index is -4.46. The zero-order chi connectivity index (χ0) is 27.1. The van der Waals surface area contributed by atoms with Crippen LogP contribution in [0.15, 0.2) is 48.5 Å². The van der Waals surface area contributed by atoms with Gasteiger partial charge in [0.05, 0.1) is 11.1 Å². The van der Waals surface area contributed by atoms with E-state index in [0.717, 1.165) is 38.2 Å². The van der Waals surface area contributed by atoms with Gasteiger partial charge in [0.25, 0.3) is 0 Å². The molecular weight excluding hydrogens is 498 g/mol. The predicted molar refractivity (Wildman–Crippen MR) is 136 cm³/mol. The van der Waals surface area contributed by atoms with E-state index >= 15 is 0 Å². The van der Waals surface area contributed by atoms with Gasteiger partial charge in [-0.3, -0.25) is 4.79 Å². The summed E-state index contributed by atoms with van der Waals surface area (Å²) in [5.41, 5.74) is -0.347. The summed E-state index contributed by atoms with van der Waals surface area (Å²) in [6.45, 7) is -0.146. The Labute approximate surface area is 219 Å². The number of benzene rings is 2. The highest BCUT2D eigenvalue weighted by molar-refractivity contribution is 5.78. The smallest absolute Gasteiger partial charge is 0.357 e. The van der Waals surface area contributed by atoms with Crippen molar-refractivity contribution in [3.63, 3.8) is 0 Å². The number of rotatable bonds is 9. The summed E-state index contributed by atoms with van der Waals surface area (Å²) < 4.78 is 54.0. The number of alkyl halides is 3. The first kappa shape index (κ1) is 27.5. The van der Waals surface area contributed by atoms with Gasteiger partial charge in [0.1, 0.15) is 11.6 Å². The number of nitrogens with zero attached hydrogens (tertiary/aromatic N) is 3. The first-order valence-corrected chi connectivity index (χ1v) is 12.8. The Morgan fingerprint density at radius 1 is 1.03 bits per heavy atom. The Morgan fingerprint density at radius 2 is 1.79 bits per heavy atom. The van der Waals surface area contributed by atoms with E-state index in [9.17, 15) is 22.4 Å². The van der Waals surface area contributed by atoms with E-state index in [1.165, 1.54) is 18.2 Å². The molecule has 202 valence electrons. The Morgan fingerprint density at radius 3 is 2.55 bits per heavy atom. The van der Waals surface area contributed by atoms with Crippen molar-refractivity contribution in [2.75, 3.05) is 12.4 Å². The van der Waals surface area contributed by atoms with E-state index in [1.807, 2.05) is 0 Å². The summed E-state index contributed by atoms with van der Waals surface area (Å²) in [5, 5.41) is 5.62. The fraction of sp³-hybridized carbons (Fsp3) is 0.429. The van der Waals surface area contributed by atoms with Gasteiger partial charge in [-0.05, 0) is 55.4 Å². The summed E-state index contributed by atoms with van der Waals surface area (Å²) in [6.07, 6.45) is 1.12. The number of amides is 1. The van der Waals surface area contributed by atoms with E-state index < -0.39 is 17.6 Å². The van der Waals surface area contributed by atoms with Gasteiger partial charge in [0.15, 0.2) is 5.82 Å². The van der Waals surface area contributed by atoms with Crippen LogP contribution >= 0.6 is 0 Å². The molecule has 1 aliphatic rings. The number of carbonyl (C=O) groups excluding carboxylic acids is 1. The van der Waals surface area contributed by atoms with Gasteiger partial charge in [-0.2, -0.15) is 23.1 Å². The average molecular weight is 530 g/mol. The highest BCUT2D eigenvalue weighted by Crippen LogP contribution is 2.34. The van der Waals surface area contributed by atoms with Crippen LogP contribution in [0.5, 0.6) is 0 Å². The maximum absolute atomic E-state index is 14.3. The zero-order valence-electron chi connectivity index (χ0n) is 21.2. The molecule has 2 atom stereocenters. The quantitative estimate of drug-likeness (QED) is 0.324. The van der Waals surface area contributed by atoms with Gasteiger partial charge in [0.2, 0.25) is 11.9 Å². The first-order chi connectivity index (χ1) is 18.2. The molecule has 1 saturated carbocycles. The second-order valence-corrected chi connectivity index (χ2v) is 9.62. The molecule has 0 spiro atoms. The molecule has 1 heterocycles. The summed E-state index contributed by atoms with van der Waals surface area (Å²) >= 11 is 0. The van der Waals surface area contributed by atoms with Crippen LogP contribution in [0, 0.1) is 17.7 Å². The lowest BCUT2D eigenvalue weighted by Gasteiger charge is -2.28. The number of hydrogen-bond donors (Lipinski definition) is 2. The topological polar surface area (TPSA) is 79.8 Å². The lowest BCUT2D eigenvalue weighted by atomic mass is 9.78. The lowest BCUT2D eigenvalue weighted by molar-refractivity contribution is -0.138. The molecule has 0 unspecified atom stereocenters. The molecule has 4 rings (SSSR count). The van der Waals surface area contributed by atoms with Crippen LogP contribution in [0.25, 0.3) is 11.4 Å². The van der Waals surface area contributed by atoms with Crippen molar-refractivity contribution in [3.05, 3.63) is 71.3 Å². The maximum atomic E-state index is 14.3. The number of hydrogen-bond acceptors (Lipinski definition) is 5. The standard InChI is InChI=1S/C28H31F4N5O/c1-33-27-36-24(35-25(37-27)21-12-3-5-14-23(21)29)15-7-9-18-8-6-11-19(16-18)26(38)34-17-20-10-2-4-13-22(20)28(30,31)32/h2-5,10,12-14,18-19H,6-9,11,15-17H2,1H3,(H,34,38)(H,33,35,36,37)/t18-,19-/m0/s1. The molecule has 0 radical (unpaired) electrons. The van der Waals surface area contributed by atoms with Crippen molar-refractivity contribution >= 4 is 11.9 Å². The molecule has 6 nitrogen and oxygen atoms in total. The molecule has 2 aromatic carbocycles. The average Bonchev–Trinajstić information content (AvgIpc) is 2.91. The molecule has 3 aromatic rings. The van der Waals surface area contributed by atoms with E-state index in [0.29, 0.717) is 36.1 Å². The van der Waals surface area contributed by atoms with Gasteiger partial charge >= 0.3 is 6.18 Å². The van der Waals surface area contributed by atoms with E-state index in [1.54, 1.807) is 31.3 Å².